The summed E-state index contributed by atoms with van der Waals surface area (Å²) < 4.78 is 31.9. The predicted octanol–water partition coefficient (Wildman–Crippen LogP) is 3.31. The molecule has 0 unspecified atom stereocenters. The van der Waals surface area contributed by atoms with Gasteiger partial charge >= 0.3 is 5.97 Å². The molecule has 1 saturated heterocycles. The molecule has 1 fully saturated rings. The minimum Gasteiger partial charge on any atom is -0.465 e. The van der Waals surface area contributed by atoms with Crippen LogP contribution in [0.15, 0.2) is 48.5 Å². The van der Waals surface area contributed by atoms with Crippen LogP contribution < -0.4 is 5.32 Å². The maximum absolute atomic E-state index is 12.9. The first kappa shape index (κ1) is 22.3. The van der Waals surface area contributed by atoms with Crippen molar-refractivity contribution in [1.29, 1.82) is 0 Å². The minimum absolute atomic E-state index is 0.0824. The maximum Gasteiger partial charge on any atom is 0.339 e. The number of hydrogen-bond acceptors (Lipinski definition) is 5. The number of benzene rings is 2. The van der Waals surface area contributed by atoms with Gasteiger partial charge in [-0.3, -0.25) is 4.79 Å². The van der Waals surface area contributed by atoms with Gasteiger partial charge < -0.3 is 10.1 Å². The number of rotatable bonds is 6. The van der Waals surface area contributed by atoms with Crippen molar-refractivity contribution in [3.05, 3.63) is 64.7 Å². The molecule has 0 aromatic heterocycles. The van der Waals surface area contributed by atoms with E-state index < -0.39 is 21.9 Å². The van der Waals surface area contributed by atoms with Crippen LogP contribution in [0, 0.1) is 5.92 Å². The summed E-state index contributed by atoms with van der Waals surface area (Å²) in [4.78, 5) is 24.7. The van der Waals surface area contributed by atoms with Crippen molar-refractivity contribution >= 4 is 39.2 Å². The normalized spacial score (nSPS) is 17.3. The van der Waals surface area contributed by atoms with E-state index in [0.29, 0.717) is 35.7 Å². The lowest BCUT2D eigenvalue weighted by Crippen LogP contribution is -2.44. The first-order chi connectivity index (χ1) is 14.3. The molecule has 0 bridgehead atoms. The number of nitrogens with zero attached hydrogens (tertiary/aromatic N) is 1. The number of sulfonamides is 1. The van der Waals surface area contributed by atoms with Gasteiger partial charge in [0.25, 0.3) is 0 Å². The van der Waals surface area contributed by atoms with Crippen molar-refractivity contribution < 1.29 is 22.7 Å². The van der Waals surface area contributed by atoms with Crippen LogP contribution in [0.3, 0.4) is 0 Å². The van der Waals surface area contributed by atoms with E-state index in [1.165, 1.54) is 11.4 Å². The Morgan fingerprint density at radius 2 is 1.87 bits per heavy atom. The number of amides is 1. The van der Waals surface area contributed by atoms with Crippen molar-refractivity contribution in [3.8, 4) is 0 Å². The third-order valence-electron chi connectivity index (χ3n) is 5.03. The molecule has 1 aliphatic heterocycles. The molecule has 1 atom stereocenters. The minimum atomic E-state index is -3.63. The Morgan fingerprint density at radius 3 is 2.60 bits per heavy atom. The zero-order valence-corrected chi connectivity index (χ0v) is 18.1. The molecular formula is C21H23ClN2O5S. The standard InChI is InChI=1S/C21H23ClN2O5S/c1-29-21(26)17-9-3-5-11-19(17)23-20(25)15-8-6-12-24(13-15)30(27,28)14-16-7-2-4-10-18(16)22/h2-5,7,9-11,15H,6,8,12-14H2,1H3,(H,23,25)/t15-/m1/s1. The van der Waals surface area contributed by atoms with Crippen molar-refractivity contribution in [2.24, 2.45) is 5.92 Å². The zero-order valence-electron chi connectivity index (χ0n) is 16.5. The van der Waals surface area contributed by atoms with Crippen molar-refractivity contribution in [2.45, 2.75) is 18.6 Å². The second kappa shape index (κ2) is 9.59. The lowest BCUT2D eigenvalue weighted by Gasteiger charge is -2.31. The van der Waals surface area contributed by atoms with Crippen LogP contribution in [0.5, 0.6) is 0 Å². The molecule has 1 heterocycles. The third kappa shape index (κ3) is 5.19. The molecule has 160 valence electrons. The second-order valence-electron chi connectivity index (χ2n) is 7.07. The second-order valence-corrected chi connectivity index (χ2v) is 9.45. The molecule has 2 aromatic rings. The number of esters is 1. The molecule has 0 saturated carbocycles. The average Bonchev–Trinajstić information content (AvgIpc) is 2.75. The smallest absolute Gasteiger partial charge is 0.339 e. The Balaban J connectivity index is 1.71. The molecule has 0 radical (unpaired) electrons. The lowest BCUT2D eigenvalue weighted by molar-refractivity contribution is -0.120. The fraction of sp³-hybridized carbons (Fsp3) is 0.333. The van der Waals surface area contributed by atoms with Crippen molar-refractivity contribution in [3.63, 3.8) is 0 Å². The van der Waals surface area contributed by atoms with Gasteiger partial charge in [-0.05, 0) is 36.6 Å². The number of halogens is 1. The van der Waals surface area contributed by atoms with Crippen LogP contribution in [0.25, 0.3) is 0 Å². The van der Waals surface area contributed by atoms with Crippen LogP contribution in [-0.2, 0) is 25.3 Å². The van der Waals surface area contributed by atoms with Gasteiger partial charge in [0.15, 0.2) is 0 Å². The fourth-order valence-corrected chi connectivity index (χ4v) is 5.35. The largest absolute Gasteiger partial charge is 0.465 e. The Morgan fingerprint density at radius 1 is 1.17 bits per heavy atom. The molecule has 1 N–H and O–H groups in total. The number of methoxy groups -OCH3 is 1. The van der Waals surface area contributed by atoms with Crippen LogP contribution in [-0.4, -0.2) is 44.8 Å². The highest BCUT2D eigenvalue weighted by Gasteiger charge is 2.33. The fourth-order valence-electron chi connectivity index (χ4n) is 3.43. The number of para-hydroxylation sites is 1. The predicted molar refractivity (Wildman–Crippen MR) is 115 cm³/mol. The van der Waals surface area contributed by atoms with Crippen LogP contribution in [0.1, 0.15) is 28.8 Å². The van der Waals surface area contributed by atoms with Gasteiger partial charge in [0.2, 0.25) is 15.9 Å². The molecule has 1 amide bonds. The van der Waals surface area contributed by atoms with Gasteiger partial charge in [-0.15, -0.1) is 0 Å². The van der Waals surface area contributed by atoms with Gasteiger partial charge in [0, 0.05) is 18.1 Å². The summed E-state index contributed by atoms with van der Waals surface area (Å²) in [5, 5.41) is 3.14. The highest BCUT2D eigenvalue weighted by molar-refractivity contribution is 7.88. The zero-order chi connectivity index (χ0) is 21.7. The lowest BCUT2D eigenvalue weighted by atomic mass is 9.98. The highest BCUT2D eigenvalue weighted by atomic mass is 35.5. The van der Waals surface area contributed by atoms with E-state index in [1.54, 1.807) is 48.5 Å². The highest BCUT2D eigenvalue weighted by Crippen LogP contribution is 2.25. The van der Waals surface area contributed by atoms with E-state index in [0.717, 1.165) is 0 Å². The summed E-state index contributed by atoms with van der Waals surface area (Å²) in [6, 6.07) is 13.3. The van der Waals surface area contributed by atoms with E-state index in [1.807, 2.05) is 0 Å². The van der Waals surface area contributed by atoms with Crippen LogP contribution in [0.4, 0.5) is 5.69 Å². The molecule has 2 aromatic carbocycles. The average molecular weight is 451 g/mol. The molecule has 0 spiro atoms. The number of hydrogen-bond donors (Lipinski definition) is 1. The monoisotopic (exact) mass is 450 g/mol. The quantitative estimate of drug-likeness (QED) is 0.681. The summed E-state index contributed by atoms with van der Waals surface area (Å²) in [7, 11) is -2.36. The summed E-state index contributed by atoms with van der Waals surface area (Å²) in [6.07, 6.45) is 1.13. The summed E-state index contributed by atoms with van der Waals surface area (Å²) >= 11 is 6.11. The van der Waals surface area contributed by atoms with Gasteiger partial charge in [-0.1, -0.05) is 41.9 Å². The number of piperidine rings is 1. The topological polar surface area (TPSA) is 92.8 Å². The van der Waals surface area contributed by atoms with Crippen molar-refractivity contribution in [1.82, 2.24) is 4.31 Å². The van der Waals surface area contributed by atoms with Gasteiger partial charge in [0.05, 0.1) is 30.0 Å². The van der Waals surface area contributed by atoms with Gasteiger partial charge in [-0.25, -0.2) is 17.5 Å². The summed E-state index contributed by atoms with van der Waals surface area (Å²) in [5.41, 5.74) is 1.11. The first-order valence-electron chi connectivity index (χ1n) is 9.51. The van der Waals surface area contributed by atoms with E-state index in [4.69, 9.17) is 16.3 Å². The SMILES string of the molecule is COC(=O)c1ccccc1NC(=O)[C@@H]1CCCN(S(=O)(=O)Cc2ccccc2Cl)C1. The first-order valence-corrected chi connectivity index (χ1v) is 11.5. The third-order valence-corrected chi connectivity index (χ3v) is 7.20. The molecule has 3 rings (SSSR count). The summed E-state index contributed by atoms with van der Waals surface area (Å²) in [5.74, 6) is -1.63. The Labute approximate surface area is 181 Å². The number of carbonyl (C=O) groups excluding carboxylic acids is 2. The van der Waals surface area contributed by atoms with Crippen molar-refractivity contribution in [2.75, 3.05) is 25.5 Å². The van der Waals surface area contributed by atoms with E-state index in [-0.39, 0.29) is 23.8 Å². The number of ether oxygens (including phenoxy) is 1. The Kier molecular flexibility index (Phi) is 7.12. The molecule has 30 heavy (non-hydrogen) atoms. The van der Waals surface area contributed by atoms with Gasteiger partial charge in [0.1, 0.15) is 0 Å². The van der Waals surface area contributed by atoms with E-state index in [9.17, 15) is 18.0 Å². The van der Waals surface area contributed by atoms with Gasteiger partial charge in [-0.2, -0.15) is 0 Å². The maximum atomic E-state index is 12.9. The number of anilines is 1. The van der Waals surface area contributed by atoms with Crippen LogP contribution >= 0.6 is 11.6 Å². The van der Waals surface area contributed by atoms with E-state index >= 15 is 0 Å². The molecule has 0 aliphatic carbocycles. The molecule has 1 aliphatic rings. The Bertz CT molecular complexity index is 1040. The molecular weight excluding hydrogens is 428 g/mol. The number of carbonyl (C=O) groups is 2. The summed E-state index contributed by atoms with van der Waals surface area (Å²) in [6.45, 7) is 0.439. The molecule has 7 nitrogen and oxygen atoms in total. The molecule has 9 heteroatoms. The number of nitrogens with one attached hydrogen (secondary N) is 1. The Hall–Kier alpha value is -2.42. The van der Waals surface area contributed by atoms with E-state index in [2.05, 4.69) is 5.32 Å². The van der Waals surface area contributed by atoms with Crippen LogP contribution in [0.2, 0.25) is 5.02 Å².